The Balaban J connectivity index is 0.000000345. The van der Waals surface area contributed by atoms with Crippen LogP contribution in [0.1, 0.15) is 51.4 Å². The lowest BCUT2D eigenvalue weighted by Gasteiger charge is -2.36. The molecule has 2 saturated carbocycles. The summed E-state index contributed by atoms with van der Waals surface area (Å²) >= 11 is 0. The van der Waals surface area contributed by atoms with E-state index in [1.54, 1.807) is 0 Å². The Morgan fingerprint density at radius 3 is 2.00 bits per heavy atom. The van der Waals surface area contributed by atoms with Gasteiger partial charge in [-0.1, -0.05) is 0 Å². The first kappa shape index (κ1) is 22.4. The highest BCUT2D eigenvalue weighted by Crippen LogP contribution is 2.43. The summed E-state index contributed by atoms with van der Waals surface area (Å²) in [6.45, 7) is 2.24. The number of amides is 1. The number of carbonyl (C=O) groups excluding carboxylic acids is 1. The van der Waals surface area contributed by atoms with Crippen molar-refractivity contribution >= 4 is 17.8 Å². The maximum atomic E-state index is 12.4. The fourth-order valence-electron chi connectivity index (χ4n) is 4.37. The van der Waals surface area contributed by atoms with Gasteiger partial charge in [0.2, 0.25) is 5.91 Å². The van der Waals surface area contributed by atoms with Crippen molar-refractivity contribution in [2.75, 3.05) is 13.1 Å². The predicted octanol–water partition coefficient (Wildman–Crippen LogP) is 2.16. The van der Waals surface area contributed by atoms with Gasteiger partial charge in [0, 0.05) is 18.5 Å². The average Bonchev–Trinajstić information content (AvgIpc) is 3.25. The van der Waals surface area contributed by atoms with Gasteiger partial charge < -0.3 is 20.8 Å². The van der Waals surface area contributed by atoms with Crippen LogP contribution >= 0.6 is 0 Å². The van der Waals surface area contributed by atoms with Crippen molar-refractivity contribution in [1.29, 1.82) is 0 Å². The van der Waals surface area contributed by atoms with Crippen LogP contribution in [-0.2, 0) is 14.4 Å². The van der Waals surface area contributed by atoms with E-state index in [0.29, 0.717) is 18.3 Å². The lowest BCUT2D eigenvalue weighted by Crippen LogP contribution is -2.41. The Kier molecular flexibility index (Phi) is 7.30. The first-order valence-corrected chi connectivity index (χ1v) is 9.56. The van der Waals surface area contributed by atoms with Crippen LogP contribution in [-0.4, -0.2) is 53.4 Å². The quantitative estimate of drug-likeness (QED) is 0.569. The molecular weight excluding hydrogens is 381 g/mol. The van der Waals surface area contributed by atoms with Gasteiger partial charge in [-0.3, -0.25) is 9.59 Å². The molecule has 0 unspecified atom stereocenters. The van der Waals surface area contributed by atoms with Crippen molar-refractivity contribution in [3.05, 3.63) is 0 Å². The van der Waals surface area contributed by atoms with E-state index in [4.69, 9.17) is 15.0 Å². The summed E-state index contributed by atoms with van der Waals surface area (Å²) in [7, 11) is 0. The monoisotopic (exact) mass is 408 g/mol. The zero-order valence-electron chi connectivity index (χ0n) is 15.6. The summed E-state index contributed by atoms with van der Waals surface area (Å²) in [5, 5.41) is 22.7. The molecule has 3 aliphatic rings. The number of aliphatic carboxylic acids is 2. The topological polar surface area (TPSA) is 116 Å². The normalized spacial score (nSPS) is 32.5. The summed E-state index contributed by atoms with van der Waals surface area (Å²) in [6.07, 6.45) is 2.56. The number of halogens is 3. The minimum Gasteiger partial charge on any atom is -0.481 e. The molecule has 0 bridgehead atoms. The maximum Gasteiger partial charge on any atom is 0.490 e. The number of alkyl halides is 3. The zero-order chi connectivity index (χ0) is 20.9. The van der Waals surface area contributed by atoms with Gasteiger partial charge >= 0.3 is 18.1 Å². The first-order valence-electron chi connectivity index (χ1n) is 9.56. The number of hydrogen-bond acceptors (Lipinski definition) is 4. The van der Waals surface area contributed by atoms with Gasteiger partial charge in [-0.2, -0.15) is 13.2 Å². The number of nitrogens with one attached hydrogen (secondary N) is 2. The van der Waals surface area contributed by atoms with Crippen LogP contribution in [0.4, 0.5) is 13.2 Å². The van der Waals surface area contributed by atoms with Gasteiger partial charge in [-0.15, -0.1) is 0 Å². The molecule has 1 amide bonds. The molecule has 1 spiro atoms. The van der Waals surface area contributed by atoms with Gasteiger partial charge in [0.15, 0.2) is 0 Å². The molecule has 160 valence electrons. The molecule has 1 saturated heterocycles. The van der Waals surface area contributed by atoms with Crippen LogP contribution in [0, 0.1) is 17.3 Å². The molecule has 3 rings (SSSR count). The smallest absolute Gasteiger partial charge is 0.481 e. The van der Waals surface area contributed by atoms with Crippen LogP contribution in [0.15, 0.2) is 0 Å². The SMILES string of the molecule is O=C(N[C@H]1CC[C@@H](C(=O)O)C1)C1CCC2(CCNC2)CC1.O=C(O)C(F)(F)F. The van der Waals surface area contributed by atoms with Crippen molar-refractivity contribution in [3.8, 4) is 0 Å². The standard InChI is InChI=1S/C16H26N2O3.C2HF3O2/c19-14(18-13-2-1-12(9-13)15(20)21)11-3-5-16(6-4-11)7-8-17-10-16;3-2(4,5)1(6)7/h11-13,17H,1-10H2,(H,18,19)(H,20,21);(H,6,7)/t11?,12-,13+,16?;/m1./s1. The number of carbonyl (C=O) groups is 3. The molecule has 10 heteroatoms. The van der Waals surface area contributed by atoms with Crippen LogP contribution in [0.3, 0.4) is 0 Å². The van der Waals surface area contributed by atoms with E-state index in [0.717, 1.165) is 45.2 Å². The van der Waals surface area contributed by atoms with Gasteiger partial charge in [-0.25, -0.2) is 4.79 Å². The minimum atomic E-state index is -5.08. The van der Waals surface area contributed by atoms with Gasteiger partial charge in [-0.05, 0) is 63.3 Å². The lowest BCUT2D eigenvalue weighted by molar-refractivity contribution is -0.192. The molecule has 0 aromatic rings. The number of hydrogen-bond donors (Lipinski definition) is 4. The molecule has 2 aliphatic carbocycles. The van der Waals surface area contributed by atoms with Gasteiger partial charge in [0.05, 0.1) is 5.92 Å². The van der Waals surface area contributed by atoms with E-state index < -0.39 is 18.1 Å². The van der Waals surface area contributed by atoms with Crippen LogP contribution in [0.25, 0.3) is 0 Å². The predicted molar refractivity (Wildman–Crippen MR) is 92.5 cm³/mol. The molecule has 3 fully saturated rings. The second kappa shape index (κ2) is 9.11. The zero-order valence-corrected chi connectivity index (χ0v) is 15.6. The summed E-state index contributed by atoms with van der Waals surface area (Å²) in [5.74, 6) is -3.45. The lowest BCUT2D eigenvalue weighted by atomic mass is 9.70. The summed E-state index contributed by atoms with van der Waals surface area (Å²) in [4.78, 5) is 32.2. The van der Waals surface area contributed by atoms with E-state index in [1.807, 2.05) is 0 Å². The minimum absolute atomic E-state index is 0.0719. The fourth-order valence-corrected chi connectivity index (χ4v) is 4.37. The molecule has 0 radical (unpaired) electrons. The van der Waals surface area contributed by atoms with E-state index in [9.17, 15) is 22.8 Å². The van der Waals surface area contributed by atoms with Crippen LogP contribution in [0.2, 0.25) is 0 Å². The Bertz CT molecular complexity index is 580. The van der Waals surface area contributed by atoms with Crippen molar-refractivity contribution in [2.45, 2.75) is 63.6 Å². The van der Waals surface area contributed by atoms with Gasteiger partial charge in [0.25, 0.3) is 0 Å². The maximum absolute atomic E-state index is 12.4. The van der Waals surface area contributed by atoms with E-state index in [2.05, 4.69) is 10.6 Å². The molecular formula is C18H27F3N2O5. The summed E-state index contributed by atoms with van der Waals surface area (Å²) < 4.78 is 31.7. The van der Waals surface area contributed by atoms with E-state index in [-0.39, 0.29) is 23.8 Å². The van der Waals surface area contributed by atoms with Crippen LogP contribution in [0.5, 0.6) is 0 Å². The second-order valence-electron chi connectivity index (χ2n) is 8.06. The molecule has 1 heterocycles. The third kappa shape index (κ3) is 6.08. The number of carboxylic acid groups (broad SMARTS) is 2. The van der Waals surface area contributed by atoms with E-state index >= 15 is 0 Å². The first-order chi connectivity index (χ1) is 13.0. The van der Waals surface area contributed by atoms with Crippen molar-refractivity contribution in [2.24, 2.45) is 17.3 Å². The average molecular weight is 408 g/mol. The second-order valence-corrected chi connectivity index (χ2v) is 8.06. The molecule has 2 atom stereocenters. The van der Waals surface area contributed by atoms with Crippen molar-refractivity contribution in [3.63, 3.8) is 0 Å². The Hall–Kier alpha value is -1.84. The Morgan fingerprint density at radius 2 is 1.57 bits per heavy atom. The third-order valence-electron chi connectivity index (χ3n) is 6.12. The largest absolute Gasteiger partial charge is 0.490 e. The third-order valence-corrected chi connectivity index (χ3v) is 6.12. The molecule has 7 nitrogen and oxygen atoms in total. The molecule has 28 heavy (non-hydrogen) atoms. The highest BCUT2D eigenvalue weighted by molar-refractivity contribution is 5.79. The summed E-state index contributed by atoms with van der Waals surface area (Å²) in [6, 6.07) is 0.0719. The highest BCUT2D eigenvalue weighted by Gasteiger charge is 2.40. The summed E-state index contributed by atoms with van der Waals surface area (Å²) in [5.41, 5.74) is 0.457. The molecule has 0 aromatic carbocycles. The molecule has 1 aliphatic heterocycles. The molecule has 4 N–H and O–H groups in total. The number of rotatable bonds is 3. The molecule has 0 aromatic heterocycles. The van der Waals surface area contributed by atoms with Gasteiger partial charge in [0.1, 0.15) is 0 Å². The number of carboxylic acids is 2. The van der Waals surface area contributed by atoms with E-state index in [1.165, 1.54) is 6.42 Å². The Morgan fingerprint density at radius 1 is 0.964 bits per heavy atom. The van der Waals surface area contributed by atoms with Crippen molar-refractivity contribution in [1.82, 2.24) is 10.6 Å². The fraction of sp³-hybridized carbons (Fsp3) is 0.833. The van der Waals surface area contributed by atoms with Crippen molar-refractivity contribution < 1.29 is 37.8 Å². The highest BCUT2D eigenvalue weighted by atomic mass is 19.4. The Labute approximate surface area is 161 Å². The van der Waals surface area contributed by atoms with Crippen LogP contribution < -0.4 is 10.6 Å².